The van der Waals surface area contributed by atoms with Crippen molar-refractivity contribution in [3.05, 3.63) is 75.2 Å². The van der Waals surface area contributed by atoms with Crippen molar-refractivity contribution >= 4 is 46.3 Å². The number of para-hydroxylation sites is 1. The van der Waals surface area contributed by atoms with Crippen LogP contribution in [0.25, 0.3) is 6.08 Å². The summed E-state index contributed by atoms with van der Waals surface area (Å²) in [7, 11) is 0. The van der Waals surface area contributed by atoms with Crippen LogP contribution in [0.2, 0.25) is 0 Å². The molecular formula is C18H13N3O5S. The highest BCUT2D eigenvalue weighted by atomic mass is 32.2. The Labute approximate surface area is 158 Å². The van der Waals surface area contributed by atoms with Crippen molar-refractivity contribution in [2.24, 2.45) is 0 Å². The number of nitro benzene ring substituents is 1. The number of nitro groups is 1. The Kier molecular flexibility index (Phi) is 5.32. The molecule has 0 saturated carbocycles. The molecular weight excluding hydrogens is 370 g/mol. The normalized spacial score (nSPS) is 15.3. The molecule has 0 spiro atoms. The number of benzene rings is 2. The lowest BCUT2D eigenvalue weighted by atomic mass is 10.2. The number of carbonyl (C=O) groups is 3. The summed E-state index contributed by atoms with van der Waals surface area (Å²) in [5.41, 5.74) is 1.04. The van der Waals surface area contributed by atoms with Crippen LogP contribution in [0.1, 0.15) is 5.56 Å². The van der Waals surface area contributed by atoms with Crippen LogP contribution in [0.15, 0.2) is 59.5 Å². The fourth-order valence-electron chi connectivity index (χ4n) is 2.35. The Morgan fingerprint density at radius 2 is 1.78 bits per heavy atom. The van der Waals surface area contributed by atoms with Gasteiger partial charge in [-0.2, -0.15) is 0 Å². The van der Waals surface area contributed by atoms with Gasteiger partial charge in [0.05, 0.1) is 9.83 Å². The van der Waals surface area contributed by atoms with E-state index in [2.05, 4.69) is 5.32 Å². The number of imide groups is 1. The second-order valence-corrected chi connectivity index (χ2v) is 6.52. The Bertz CT molecular complexity index is 941. The number of rotatable bonds is 5. The molecule has 0 aliphatic carbocycles. The minimum Gasteiger partial charge on any atom is -0.325 e. The zero-order valence-electron chi connectivity index (χ0n) is 13.8. The number of carbonyl (C=O) groups excluding carboxylic acids is 3. The molecule has 8 nitrogen and oxygen atoms in total. The summed E-state index contributed by atoms with van der Waals surface area (Å²) < 4.78 is 0. The third kappa shape index (κ3) is 4.39. The number of hydrogen-bond acceptors (Lipinski definition) is 6. The number of nitrogens with one attached hydrogen (secondary N) is 1. The van der Waals surface area contributed by atoms with Gasteiger partial charge < -0.3 is 5.32 Å². The van der Waals surface area contributed by atoms with Crippen molar-refractivity contribution in [3.63, 3.8) is 0 Å². The van der Waals surface area contributed by atoms with Crippen LogP contribution in [-0.4, -0.2) is 33.4 Å². The van der Waals surface area contributed by atoms with Crippen molar-refractivity contribution in [2.75, 3.05) is 11.9 Å². The molecule has 1 heterocycles. The van der Waals surface area contributed by atoms with Crippen LogP contribution in [0.5, 0.6) is 0 Å². The second-order valence-electron chi connectivity index (χ2n) is 5.53. The molecule has 1 aliphatic heterocycles. The number of anilines is 1. The molecule has 0 unspecified atom stereocenters. The Hall–Kier alpha value is -3.46. The van der Waals surface area contributed by atoms with Crippen LogP contribution in [0.4, 0.5) is 16.2 Å². The van der Waals surface area contributed by atoms with E-state index in [0.717, 1.165) is 16.7 Å². The van der Waals surface area contributed by atoms with E-state index in [1.54, 1.807) is 30.3 Å². The van der Waals surface area contributed by atoms with Gasteiger partial charge in [-0.05, 0) is 47.7 Å². The van der Waals surface area contributed by atoms with Gasteiger partial charge in [0.1, 0.15) is 6.54 Å². The maximum atomic E-state index is 12.4. The van der Waals surface area contributed by atoms with Crippen LogP contribution < -0.4 is 5.32 Å². The Morgan fingerprint density at radius 3 is 2.41 bits per heavy atom. The number of non-ortho nitro benzene ring substituents is 1. The molecule has 0 aromatic heterocycles. The van der Waals surface area contributed by atoms with Gasteiger partial charge in [-0.1, -0.05) is 18.2 Å². The first-order chi connectivity index (χ1) is 12.9. The maximum absolute atomic E-state index is 12.4. The van der Waals surface area contributed by atoms with Gasteiger partial charge in [0, 0.05) is 17.8 Å². The van der Waals surface area contributed by atoms with Gasteiger partial charge in [0.15, 0.2) is 0 Å². The molecule has 1 N–H and O–H groups in total. The van der Waals surface area contributed by atoms with Gasteiger partial charge in [0.25, 0.3) is 16.8 Å². The van der Waals surface area contributed by atoms with Crippen LogP contribution in [0, 0.1) is 10.1 Å². The first kappa shape index (κ1) is 18.3. The highest BCUT2D eigenvalue weighted by molar-refractivity contribution is 8.18. The third-order valence-electron chi connectivity index (χ3n) is 3.63. The van der Waals surface area contributed by atoms with Crippen molar-refractivity contribution in [3.8, 4) is 0 Å². The fraction of sp³-hybridized carbons (Fsp3) is 0.0556. The monoisotopic (exact) mass is 383 g/mol. The van der Waals surface area contributed by atoms with Crippen molar-refractivity contribution < 1.29 is 19.3 Å². The van der Waals surface area contributed by atoms with E-state index < -0.39 is 28.5 Å². The average Bonchev–Trinajstić information content (AvgIpc) is 2.90. The molecule has 136 valence electrons. The molecule has 0 radical (unpaired) electrons. The highest BCUT2D eigenvalue weighted by Gasteiger charge is 2.36. The first-order valence-electron chi connectivity index (χ1n) is 7.79. The van der Waals surface area contributed by atoms with E-state index in [4.69, 9.17) is 0 Å². The predicted octanol–water partition coefficient (Wildman–Crippen LogP) is 3.27. The molecule has 3 rings (SSSR count). The average molecular weight is 383 g/mol. The fourth-order valence-corrected chi connectivity index (χ4v) is 3.18. The molecule has 1 aliphatic rings. The number of nitrogens with zero attached hydrogens (tertiary/aromatic N) is 2. The van der Waals surface area contributed by atoms with Gasteiger partial charge in [-0.15, -0.1) is 0 Å². The standard InChI is InChI=1S/C18H13N3O5S/c22-16(19-13-4-2-1-3-5-13)11-20-17(23)15(27-18(20)24)10-12-6-8-14(9-7-12)21(25)26/h1-10H,11H2,(H,19,22)/b15-10-. The van der Waals surface area contributed by atoms with Gasteiger partial charge in [-0.25, -0.2) is 0 Å². The SMILES string of the molecule is O=C(CN1C(=O)S/C(=C\c2ccc([N+](=O)[O-])cc2)C1=O)Nc1ccccc1. The minimum absolute atomic E-state index is 0.0714. The summed E-state index contributed by atoms with van der Waals surface area (Å²) in [6, 6.07) is 14.3. The van der Waals surface area contributed by atoms with Crippen molar-refractivity contribution in [1.82, 2.24) is 4.90 Å². The van der Waals surface area contributed by atoms with Crippen LogP contribution in [-0.2, 0) is 9.59 Å². The van der Waals surface area contributed by atoms with E-state index in [9.17, 15) is 24.5 Å². The lowest BCUT2D eigenvalue weighted by molar-refractivity contribution is -0.384. The van der Waals surface area contributed by atoms with E-state index in [-0.39, 0.29) is 10.6 Å². The van der Waals surface area contributed by atoms with E-state index in [1.165, 1.54) is 30.3 Å². The van der Waals surface area contributed by atoms with Gasteiger partial charge in [-0.3, -0.25) is 29.4 Å². The van der Waals surface area contributed by atoms with Crippen molar-refractivity contribution in [1.29, 1.82) is 0 Å². The summed E-state index contributed by atoms with van der Waals surface area (Å²) in [6.07, 6.45) is 1.46. The van der Waals surface area contributed by atoms with Crippen molar-refractivity contribution in [2.45, 2.75) is 0 Å². The van der Waals surface area contributed by atoms with Gasteiger partial charge >= 0.3 is 0 Å². The third-order valence-corrected chi connectivity index (χ3v) is 4.54. The van der Waals surface area contributed by atoms with Crippen LogP contribution >= 0.6 is 11.8 Å². The largest absolute Gasteiger partial charge is 0.325 e. The summed E-state index contributed by atoms with van der Waals surface area (Å²) in [4.78, 5) is 47.7. The zero-order valence-corrected chi connectivity index (χ0v) is 14.6. The molecule has 0 bridgehead atoms. The lowest BCUT2D eigenvalue weighted by Gasteiger charge is -2.12. The van der Waals surface area contributed by atoms with Gasteiger partial charge in [0.2, 0.25) is 5.91 Å². The molecule has 3 amide bonds. The Balaban J connectivity index is 1.69. The summed E-state index contributed by atoms with van der Waals surface area (Å²) >= 11 is 0.720. The molecule has 2 aromatic carbocycles. The first-order valence-corrected chi connectivity index (χ1v) is 8.60. The molecule has 9 heteroatoms. The lowest BCUT2D eigenvalue weighted by Crippen LogP contribution is -2.36. The zero-order chi connectivity index (χ0) is 19.4. The maximum Gasteiger partial charge on any atom is 0.294 e. The summed E-state index contributed by atoms with van der Waals surface area (Å²) in [5, 5.41) is 12.7. The number of hydrogen-bond donors (Lipinski definition) is 1. The molecule has 1 fully saturated rings. The van der Waals surface area contributed by atoms with E-state index in [1.807, 2.05) is 0 Å². The Morgan fingerprint density at radius 1 is 1.11 bits per heavy atom. The second kappa shape index (κ2) is 7.83. The van der Waals surface area contributed by atoms with E-state index >= 15 is 0 Å². The summed E-state index contributed by atoms with van der Waals surface area (Å²) in [6.45, 7) is -0.392. The topological polar surface area (TPSA) is 110 Å². The molecule has 27 heavy (non-hydrogen) atoms. The quantitative estimate of drug-likeness (QED) is 0.482. The smallest absolute Gasteiger partial charge is 0.294 e. The number of amides is 3. The van der Waals surface area contributed by atoms with Crippen LogP contribution in [0.3, 0.4) is 0 Å². The van der Waals surface area contributed by atoms with E-state index in [0.29, 0.717) is 11.3 Å². The molecule has 0 atom stereocenters. The summed E-state index contributed by atoms with van der Waals surface area (Å²) in [5.74, 6) is -1.06. The number of thioether (sulfide) groups is 1. The minimum atomic E-state index is -0.577. The molecule has 2 aromatic rings. The highest BCUT2D eigenvalue weighted by Crippen LogP contribution is 2.32. The predicted molar refractivity (Wildman–Crippen MR) is 101 cm³/mol. The molecule has 1 saturated heterocycles.